The molecule has 16 nitrogen and oxygen atoms in total. The third-order valence-electron chi connectivity index (χ3n) is 14.3. The predicted octanol–water partition coefficient (Wildman–Crippen LogP) is 20.0. The number of esters is 3. The van der Waals surface area contributed by atoms with Crippen molar-refractivity contribution >= 4 is 33.6 Å². The molecule has 0 spiro atoms. The van der Waals surface area contributed by atoms with Crippen LogP contribution in [0.1, 0.15) is 265 Å². The molecule has 4 N–H and O–H groups in total. The molecule has 0 aliphatic carbocycles. The molecule has 0 aliphatic heterocycles. The molecule has 93 heavy (non-hydrogen) atoms. The van der Waals surface area contributed by atoms with Gasteiger partial charge in [0.15, 0.2) is 6.10 Å². The Bertz CT molecular complexity index is 2230. The molecule has 0 amide bonds. The Kier molecular flexibility index (Phi) is 64.5. The number of unbranched alkanes of at least 4 members (excludes halogenated alkanes) is 21. The Morgan fingerprint density at radius 2 is 0.570 bits per heavy atom. The van der Waals surface area contributed by atoms with E-state index < -0.39 is 91.5 Å². The van der Waals surface area contributed by atoms with Crippen molar-refractivity contribution in [3.05, 3.63) is 134 Å². The standard InChI is InChI=1S/C75H126O16P2/c1-4-7-10-13-16-19-22-25-28-30-32-34-36-38-41-43-46-49-52-55-58-61-73(78)85-64-70(76)65-87-92(81,82)88-66-71(77)67-89-93(83,84)90-69-72(91-75(80)63-60-57-54-51-48-45-40-27-24-21-18-15-12-9-6-3)68-86-74(79)62-59-56-53-50-47-44-42-39-37-35-33-31-29-26-23-20-17-14-11-8-5-2/h9,12,16-21,25-29,32-35,38-42,70-72,76-77H,4-8,10-11,13-15,22-24,30-31,36-37,43-69H2,1-3H3,(H,81,82)(H,83,84)/b12-9-,19-16-,20-17-,21-18-,28-25-,29-26-,34-32-,35-33-,40-27-,41-38-,42-39-. The van der Waals surface area contributed by atoms with Crippen LogP contribution in [0.15, 0.2) is 134 Å². The minimum Gasteiger partial charge on any atom is -0.463 e. The molecule has 0 fully saturated rings. The van der Waals surface area contributed by atoms with Crippen molar-refractivity contribution in [3.8, 4) is 0 Å². The van der Waals surface area contributed by atoms with Crippen LogP contribution in [0.2, 0.25) is 0 Å². The van der Waals surface area contributed by atoms with Crippen LogP contribution in [0.4, 0.5) is 0 Å². The molecule has 0 saturated carbocycles. The number of allylic oxidation sites excluding steroid dienone is 22. The number of rotatable bonds is 66. The average Bonchev–Trinajstić information content (AvgIpc) is 3.62. The number of ether oxygens (including phenoxy) is 3. The molecule has 532 valence electrons. The molecule has 0 bridgehead atoms. The lowest BCUT2D eigenvalue weighted by atomic mass is 10.1. The summed E-state index contributed by atoms with van der Waals surface area (Å²) in [6, 6.07) is 0. The summed E-state index contributed by atoms with van der Waals surface area (Å²) in [7, 11) is -9.80. The Labute approximate surface area is 563 Å². The van der Waals surface area contributed by atoms with Gasteiger partial charge in [-0.25, -0.2) is 9.13 Å². The highest BCUT2D eigenvalue weighted by atomic mass is 31.2. The molecular formula is C75H126O16P2. The van der Waals surface area contributed by atoms with E-state index in [-0.39, 0.29) is 19.3 Å². The fourth-order valence-corrected chi connectivity index (χ4v) is 10.5. The number of aliphatic hydroxyl groups excluding tert-OH is 2. The molecule has 18 heteroatoms. The smallest absolute Gasteiger partial charge is 0.463 e. The molecule has 0 saturated heterocycles. The van der Waals surface area contributed by atoms with Gasteiger partial charge in [0.05, 0.1) is 26.4 Å². The first-order valence-electron chi connectivity index (χ1n) is 35.5. The maximum absolute atomic E-state index is 12.9. The zero-order valence-corrected chi connectivity index (χ0v) is 59.4. The third kappa shape index (κ3) is 68.9. The topological polar surface area (TPSA) is 231 Å². The zero-order chi connectivity index (χ0) is 68.1. The van der Waals surface area contributed by atoms with Crippen LogP contribution < -0.4 is 0 Å². The third-order valence-corrected chi connectivity index (χ3v) is 16.2. The largest absolute Gasteiger partial charge is 0.472 e. The Hall–Kier alpha value is -4.31. The Morgan fingerprint density at radius 3 is 0.903 bits per heavy atom. The van der Waals surface area contributed by atoms with Crippen LogP contribution in [-0.2, 0) is 55.8 Å². The molecule has 0 aromatic carbocycles. The highest BCUT2D eigenvalue weighted by molar-refractivity contribution is 7.47. The summed E-state index contributed by atoms with van der Waals surface area (Å²) < 4.78 is 60.9. The normalized spacial score (nSPS) is 15.0. The molecule has 0 heterocycles. The summed E-state index contributed by atoms with van der Waals surface area (Å²) in [5.74, 6) is -1.64. The number of phosphoric ester groups is 2. The minimum atomic E-state index is -4.94. The van der Waals surface area contributed by atoms with Crippen molar-refractivity contribution < 1.29 is 75.8 Å². The van der Waals surface area contributed by atoms with Gasteiger partial charge in [-0.15, -0.1) is 0 Å². The second-order valence-electron chi connectivity index (χ2n) is 23.3. The highest BCUT2D eigenvalue weighted by Crippen LogP contribution is 2.45. The molecule has 0 aromatic rings. The molecule has 0 rings (SSSR count). The van der Waals surface area contributed by atoms with E-state index in [1.807, 2.05) is 0 Å². The van der Waals surface area contributed by atoms with Crippen LogP contribution in [0, 0.1) is 0 Å². The van der Waals surface area contributed by atoms with Gasteiger partial charge < -0.3 is 34.2 Å². The number of aliphatic hydroxyl groups is 2. The Balaban J connectivity index is 4.72. The second-order valence-corrected chi connectivity index (χ2v) is 26.2. The number of phosphoric acid groups is 2. The van der Waals surface area contributed by atoms with Gasteiger partial charge in [-0.1, -0.05) is 238 Å². The first-order valence-corrected chi connectivity index (χ1v) is 38.5. The number of hydrogen-bond donors (Lipinski definition) is 4. The van der Waals surface area contributed by atoms with Crippen LogP contribution in [0.3, 0.4) is 0 Å². The van der Waals surface area contributed by atoms with E-state index in [0.29, 0.717) is 19.3 Å². The average molecular weight is 1350 g/mol. The van der Waals surface area contributed by atoms with E-state index in [1.165, 1.54) is 51.4 Å². The quantitative estimate of drug-likeness (QED) is 0.0146. The van der Waals surface area contributed by atoms with E-state index in [9.17, 15) is 43.5 Å². The van der Waals surface area contributed by atoms with Crippen LogP contribution in [0.5, 0.6) is 0 Å². The summed E-state index contributed by atoms with van der Waals surface area (Å²) in [4.78, 5) is 58.5. The van der Waals surface area contributed by atoms with E-state index in [1.54, 1.807) is 0 Å². The second kappa shape index (κ2) is 67.7. The summed E-state index contributed by atoms with van der Waals surface area (Å²) in [5.41, 5.74) is 0. The predicted molar refractivity (Wildman–Crippen MR) is 380 cm³/mol. The lowest BCUT2D eigenvalue weighted by Gasteiger charge is -2.21. The van der Waals surface area contributed by atoms with E-state index in [4.69, 9.17) is 32.3 Å². The van der Waals surface area contributed by atoms with Gasteiger partial charge in [0, 0.05) is 19.3 Å². The summed E-state index contributed by atoms with van der Waals surface area (Å²) in [6.45, 7) is 2.42. The fourth-order valence-electron chi connectivity index (χ4n) is 8.90. The summed E-state index contributed by atoms with van der Waals surface area (Å²) in [6.07, 6.45) is 79.2. The van der Waals surface area contributed by atoms with Crippen molar-refractivity contribution in [2.24, 2.45) is 0 Å². The van der Waals surface area contributed by atoms with Gasteiger partial charge in [-0.3, -0.25) is 32.5 Å². The van der Waals surface area contributed by atoms with Crippen molar-refractivity contribution in [2.75, 3.05) is 39.6 Å². The molecule has 0 aromatic heterocycles. The van der Waals surface area contributed by atoms with E-state index >= 15 is 0 Å². The van der Waals surface area contributed by atoms with Crippen molar-refractivity contribution in [3.63, 3.8) is 0 Å². The number of carbonyl (C=O) groups excluding carboxylic acids is 3. The number of carbonyl (C=O) groups is 3. The summed E-state index contributed by atoms with van der Waals surface area (Å²) >= 11 is 0. The Morgan fingerprint density at radius 1 is 0.312 bits per heavy atom. The van der Waals surface area contributed by atoms with Crippen LogP contribution >= 0.6 is 15.6 Å². The lowest BCUT2D eigenvalue weighted by Crippen LogP contribution is -2.30. The zero-order valence-electron chi connectivity index (χ0n) is 57.6. The highest BCUT2D eigenvalue weighted by Gasteiger charge is 2.29. The maximum atomic E-state index is 12.9. The first-order chi connectivity index (χ1) is 45.2. The maximum Gasteiger partial charge on any atom is 0.472 e. The SMILES string of the molecule is CC/C=C\C/C=C\C/C=C\CCCCCCCC(=O)OC(COC(=O)CCCCCCC/C=C\C/C=C\C/C=C\C/C=C\CCCCC)COP(=O)(O)OCC(O)COP(=O)(O)OCC(O)COC(=O)CCCCCCC/C=C\C/C=C\C/C=C\C/C=C\CCCCC. The first kappa shape index (κ1) is 88.7. The van der Waals surface area contributed by atoms with Gasteiger partial charge in [0.25, 0.3) is 0 Å². The van der Waals surface area contributed by atoms with Gasteiger partial charge in [0.2, 0.25) is 0 Å². The molecule has 5 unspecified atom stereocenters. The molecule has 5 atom stereocenters. The van der Waals surface area contributed by atoms with E-state index in [2.05, 4.69) is 154 Å². The van der Waals surface area contributed by atoms with Crippen molar-refractivity contribution in [2.45, 2.75) is 283 Å². The number of hydrogen-bond acceptors (Lipinski definition) is 14. The molecule has 0 aliphatic rings. The fraction of sp³-hybridized carbons (Fsp3) is 0.667. The van der Waals surface area contributed by atoms with Crippen LogP contribution in [-0.4, -0.2) is 95.9 Å². The van der Waals surface area contributed by atoms with Gasteiger partial charge in [-0.05, 0) is 141 Å². The van der Waals surface area contributed by atoms with Crippen LogP contribution in [0.25, 0.3) is 0 Å². The van der Waals surface area contributed by atoms with E-state index in [0.717, 1.165) is 154 Å². The van der Waals surface area contributed by atoms with Crippen molar-refractivity contribution in [1.29, 1.82) is 0 Å². The van der Waals surface area contributed by atoms with Gasteiger partial charge in [0.1, 0.15) is 25.4 Å². The lowest BCUT2D eigenvalue weighted by molar-refractivity contribution is -0.161. The van der Waals surface area contributed by atoms with Crippen molar-refractivity contribution in [1.82, 2.24) is 0 Å². The molecular weight excluding hydrogens is 1220 g/mol. The molecule has 0 radical (unpaired) electrons. The van der Waals surface area contributed by atoms with Gasteiger partial charge in [-0.2, -0.15) is 0 Å². The monoisotopic (exact) mass is 1340 g/mol. The minimum absolute atomic E-state index is 0.0759. The van der Waals surface area contributed by atoms with Gasteiger partial charge >= 0.3 is 33.6 Å². The summed E-state index contributed by atoms with van der Waals surface area (Å²) in [5, 5.41) is 20.6.